The summed E-state index contributed by atoms with van der Waals surface area (Å²) >= 11 is 3.36. The van der Waals surface area contributed by atoms with Crippen molar-refractivity contribution in [1.29, 1.82) is 0 Å². The number of hydrogen-bond donors (Lipinski definition) is 0. The molecule has 0 N–H and O–H groups in total. The minimum absolute atomic E-state index is 0.138. The highest BCUT2D eigenvalue weighted by atomic mass is 79.9. The van der Waals surface area contributed by atoms with E-state index in [1.54, 1.807) is 6.20 Å². The highest BCUT2D eigenvalue weighted by molar-refractivity contribution is 9.10. The predicted molar refractivity (Wildman–Crippen MR) is 64.2 cm³/mol. The Hall–Kier alpha value is -0.900. The summed E-state index contributed by atoms with van der Waals surface area (Å²) in [4.78, 5) is 18.4. The van der Waals surface area contributed by atoms with Crippen LogP contribution in [0.5, 0.6) is 0 Å². The molecule has 2 unspecified atom stereocenters. The van der Waals surface area contributed by atoms with Crippen molar-refractivity contribution in [3.05, 3.63) is 28.0 Å². The molecule has 1 aromatic rings. The Morgan fingerprint density at radius 3 is 2.88 bits per heavy atom. The molecule has 3 rings (SSSR count). The van der Waals surface area contributed by atoms with Gasteiger partial charge in [-0.05, 0) is 47.2 Å². The number of aryl methyl sites for hydroxylation is 1. The highest BCUT2D eigenvalue weighted by Gasteiger charge is 2.46. The standard InChI is InChI=1S/C12H13BrN2O/c1-7-11(3-10(13)4-14-7)12(16)15-5-8-2-9(8)6-15/h3-4,8-9H,2,5-6H2,1H3. The first-order valence-electron chi connectivity index (χ1n) is 5.56. The van der Waals surface area contributed by atoms with Crippen molar-refractivity contribution >= 4 is 21.8 Å². The zero-order valence-electron chi connectivity index (χ0n) is 9.11. The van der Waals surface area contributed by atoms with Gasteiger partial charge in [-0.3, -0.25) is 9.78 Å². The molecule has 2 heterocycles. The number of carbonyl (C=O) groups is 1. The molecule has 0 aromatic carbocycles. The lowest BCUT2D eigenvalue weighted by Crippen LogP contribution is -2.31. The third kappa shape index (κ3) is 1.65. The van der Waals surface area contributed by atoms with Gasteiger partial charge in [0, 0.05) is 23.8 Å². The van der Waals surface area contributed by atoms with Crippen LogP contribution in [0.4, 0.5) is 0 Å². The van der Waals surface area contributed by atoms with E-state index in [1.807, 2.05) is 17.9 Å². The van der Waals surface area contributed by atoms with Crippen LogP contribution in [0.2, 0.25) is 0 Å². The van der Waals surface area contributed by atoms with E-state index in [9.17, 15) is 4.79 Å². The van der Waals surface area contributed by atoms with Crippen LogP contribution in [0.25, 0.3) is 0 Å². The lowest BCUT2D eigenvalue weighted by atomic mass is 10.2. The molecule has 16 heavy (non-hydrogen) atoms. The van der Waals surface area contributed by atoms with Crippen LogP contribution < -0.4 is 0 Å². The topological polar surface area (TPSA) is 33.2 Å². The van der Waals surface area contributed by atoms with Gasteiger partial charge in [-0.2, -0.15) is 0 Å². The quantitative estimate of drug-likeness (QED) is 0.791. The van der Waals surface area contributed by atoms with Crippen LogP contribution >= 0.6 is 15.9 Å². The van der Waals surface area contributed by atoms with Crippen molar-refractivity contribution in [3.63, 3.8) is 0 Å². The first kappa shape index (κ1) is 10.3. The maximum atomic E-state index is 12.3. The Balaban J connectivity index is 1.85. The lowest BCUT2D eigenvalue weighted by Gasteiger charge is -2.18. The van der Waals surface area contributed by atoms with Crippen LogP contribution in [-0.2, 0) is 0 Å². The van der Waals surface area contributed by atoms with Crippen LogP contribution in [0.15, 0.2) is 16.7 Å². The van der Waals surface area contributed by atoms with E-state index in [-0.39, 0.29) is 5.91 Å². The maximum absolute atomic E-state index is 12.3. The number of nitrogens with zero attached hydrogens (tertiary/aromatic N) is 2. The van der Waals surface area contributed by atoms with Gasteiger partial charge in [0.2, 0.25) is 0 Å². The zero-order chi connectivity index (χ0) is 11.3. The second-order valence-corrected chi connectivity index (χ2v) is 5.67. The third-order valence-electron chi connectivity index (χ3n) is 3.55. The monoisotopic (exact) mass is 280 g/mol. The van der Waals surface area contributed by atoms with Gasteiger partial charge in [-0.1, -0.05) is 0 Å². The van der Waals surface area contributed by atoms with Crippen LogP contribution in [0.1, 0.15) is 22.5 Å². The van der Waals surface area contributed by atoms with Gasteiger partial charge in [-0.15, -0.1) is 0 Å². The van der Waals surface area contributed by atoms with E-state index in [0.717, 1.165) is 40.7 Å². The summed E-state index contributed by atoms with van der Waals surface area (Å²) in [5, 5.41) is 0. The second kappa shape index (κ2) is 3.55. The van der Waals surface area contributed by atoms with Gasteiger partial charge in [0.15, 0.2) is 0 Å². The number of aromatic nitrogens is 1. The molecule has 1 saturated heterocycles. The number of amides is 1. The number of likely N-dealkylation sites (tertiary alicyclic amines) is 1. The average molecular weight is 281 g/mol. The third-order valence-corrected chi connectivity index (χ3v) is 3.98. The fourth-order valence-electron chi connectivity index (χ4n) is 2.46. The van der Waals surface area contributed by atoms with Crippen molar-refractivity contribution < 1.29 is 4.79 Å². The fourth-order valence-corrected chi connectivity index (χ4v) is 2.79. The second-order valence-electron chi connectivity index (χ2n) is 4.75. The van der Waals surface area contributed by atoms with Crippen LogP contribution in [0, 0.1) is 18.8 Å². The molecule has 1 aliphatic heterocycles. The summed E-state index contributed by atoms with van der Waals surface area (Å²) in [7, 11) is 0. The van der Waals surface area contributed by atoms with E-state index >= 15 is 0 Å². The van der Waals surface area contributed by atoms with Crippen molar-refractivity contribution in [3.8, 4) is 0 Å². The summed E-state index contributed by atoms with van der Waals surface area (Å²) in [5.74, 6) is 1.70. The number of hydrogen-bond acceptors (Lipinski definition) is 2. The molecule has 2 aliphatic rings. The Morgan fingerprint density at radius 1 is 1.50 bits per heavy atom. The van der Waals surface area contributed by atoms with Gasteiger partial charge < -0.3 is 4.90 Å². The molecule has 2 atom stereocenters. The average Bonchev–Trinajstić information content (AvgIpc) is 2.88. The van der Waals surface area contributed by atoms with E-state index in [2.05, 4.69) is 20.9 Å². The number of pyridine rings is 1. The molecule has 4 heteroatoms. The fraction of sp³-hybridized carbons (Fsp3) is 0.500. The molecule has 1 saturated carbocycles. The molecule has 0 bridgehead atoms. The van der Waals surface area contributed by atoms with Crippen molar-refractivity contribution in [2.75, 3.05) is 13.1 Å². The van der Waals surface area contributed by atoms with Gasteiger partial charge in [0.1, 0.15) is 0 Å². The summed E-state index contributed by atoms with van der Waals surface area (Å²) in [6.07, 6.45) is 3.05. The number of piperidine rings is 1. The summed E-state index contributed by atoms with van der Waals surface area (Å²) in [5.41, 5.74) is 1.55. The minimum Gasteiger partial charge on any atom is -0.338 e. The van der Waals surface area contributed by atoms with Crippen LogP contribution in [0.3, 0.4) is 0 Å². The number of rotatable bonds is 1. The molecule has 1 aliphatic carbocycles. The van der Waals surface area contributed by atoms with E-state index in [0.29, 0.717) is 0 Å². The SMILES string of the molecule is Cc1ncc(Br)cc1C(=O)N1CC2CC2C1. The van der Waals surface area contributed by atoms with Gasteiger partial charge in [-0.25, -0.2) is 0 Å². The normalized spacial score (nSPS) is 26.8. The maximum Gasteiger partial charge on any atom is 0.255 e. The van der Waals surface area contributed by atoms with Crippen molar-refractivity contribution in [2.24, 2.45) is 11.8 Å². The molecule has 2 fully saturated rings. The van der Waals surface area contributed by atoms with Crippen molar-refractivity contribution in [1.82, 2.24) is 9.88 Å². The number of halogens is 1. The molecule has 1 amide bonds. The van der Waals surface area contributed by atoms with Crippen molar-refractivity contribution in [2.45, 2.75) is 13.3 Å². The molecular formula is C12H13BrN2O. The Bertz CT molecular complexity index is 450. The van der Waals surface area contributed by atoms with Gasteiger partial charge >= 0.3 is 0 Å². The molecule has 1 aromatic heterocycles. The molecule has 0 spiro atoms. The minimum atomic E-state index is 0.138. The molecular weight excluding hydrogens is 268 g/mol. The Kier molecular flexibility index (Phi) is 2.28. The lowest BCUT2D eigenvalue weighted by molar-refractivity contribution is 0.0774. The van der Waals surface area contributed by atoms with E-state index < -0.39 is 0 Å². The molecule has 0 radical (unpaired) electrons. The van der Waals surface area contributed by atoms with E-state index in [1.165, 1.54) is 6.42 Å². The number of fused-ring (bicyclic) bond motifs is 1. The zero-order valence-corrected chi connectivity index (χ0v) is 10.7. The first-order valence-corrected chi connectivity index (χ1v) is 6.36. The Morgan fingerprint density at radius 2 is 2.19 bits per heavy atom. The van der Waals surface area contributed by atoms with E-state index in [4.69, 9.17) is 0 Å². The number of carbonyl (C=O) groups excluding carboxylic acids is 1. The highest BCUT2D eigenvalue weighted by Crippen LogP contribution is 2.45. The smallest absolute Gasteiger partial charge is 0.255 e. The molecule has 84 valence electrons. The largest absolute Gasteiger partial charge is 0.338 e. The Labute approximate surface area is 103 Å². The summed E-state index contributed by atoms with van der Waals surface area (Å²) < 4.78 is 0.866. The summed E-state index contributed by atoms with van der Waals surface area (Å²) in [6.45, 7) is 3.77. The molecule has 3 nitrogen and oxygen atoms in total. The summed E-state index contributed by atoms with van der Waals surface area (Å²) in [6, 6.07) is 1.87. The van der Waals surface area contributed by atoms with Crippen LogP contribution in [-0.4, -0.2) is 28.9 Å². The predicted octanol–water partition coefficient (Wildman–Crippen LogP) is 2.24. The van der Waals surface area contributed by atoms with Gasteiger partial charge in [0.25, 0.3) is 5.91 Å². The first-order chi connectivity index (χ1) is 7.65. The van der Waals surface area contributed by atoms with Gasteiger partial charge in [0.05, 0.1) is 11.3 Å².